The summed E-state index contributed by atoms with van der Waals surface area (Å²) in [7, 11) is -2.35. The molecule has 1 aliphatic rings. The lowest BCUT2D eigenvalue weighted by Crippen LogP contribution is -2.50. The lowest BCUT2D eigenvalue weighted by molar-refractivity contribution is 0.0685. The van der Waals surface area contributed by atoms with Crippen molar-refractivity contribution in [2.24, 2.45) is 0 Å². The molecule has 12 heteroatoms. The van der Waals surface area contributed by atoms with Gasteiger partial charge < -0.3 is 14.6 Å². The number of carbonyl (C=O) groups excluding carboxylic acids is 1. The van der Waals surface area contributed by atoms with Gasteiger partial charge in [-0.15, -0.1) is 0 Å². The van der Waals surface area contributed by atoms with Crippen LogP contribution in [0.5, 0.6) is 0 Å². The molecule has 1 aromatic carbocycles. The number of nitrogens with zero attached hydrogens (tertiary/aromatic N) is 5. The molecule has 0 atom stereocenters. The van der Waals surface area contributed by atoms with Gasteiger partial charge in [0.2, 0.25) is 5.82 Å². The van der Waals surface area contributed by atoms with Crippen molar-refractivity contribution in [2.75, 3.05) is 33.3 Å². The average Bonchev–Trinajstić information content (AvgIpc) is 3.27. The van der Waals surface area contributed by atoms with Crippen molar-refractivity contribution < 1.29 is 17.9 Å². The van der Waals surface area contributed by atoms with Gasteiger partial charge in [0.15, 0.2) is 5.03 Å². The number of benzene rings is 1. The molecule has 0 radical (unpaired) electrons. The summed E-state index contributed by atoms with van der Waals surface area (Å²) in [5.74, 6) is -0.268. The van der Waals surface area contributed by atoms with Gasteiger partial charge in [-0.25, -0.2) is 18.4 Å². The van der Waals surface area contributed by atoms with Gasteiger partial charge in [-0.1, -0.05) is 11.6 Å². The smallest absolute Gasteiger partial charge is 0.291 e. The molecule has 1 N–H and O–H groups in total. The second-order valence-electron chi connectivity index (χ2n) is 8.73. The van der Waals surface area contributed by atoms with Gasteiger partial charge in [0.05, 0.1) is 6.61 Å². The van der Waals surface area contributed by atoms with Crippen LogP contribution in [0.1, 0.15) is 21.9 Å². The van der Waals surface area contributed by atoms with E-state index < -0.39 is 10.0 Å². The minimum atomic E-state index is -3.86. The number of piperazine rings is 1. The van der Waals surface area contributed by atoms with Crippen molar-refractivity contribution in [3.8, 4) is 11.1 Å². The zero-order chi connectivity index (χ0) is 26.2. The molecule has 10 nitrogen and oxygen atoms in total. The van der Waals surface area contributed by atoms with E-state index in [1.54, 1.807) is 41.7 Å². The average molecular weight is 541 g/mol. The number of ether oxygens (including phenoxy) is 1. The number of sulfonamides is 1. The topological polar surface area (TPSA) is 121 Å². The Morgan fingerprint density at radius 1 is 1.05 bits per heavy atom. The summed E-state index contributed by atoms with van der Waals surface area (Å²) in [6.45, 7) is 2.74. The second kappa shape index (κ2) is 10.2. The molecule has 0 bridgehead atoms. The largest absolute Gasteiger partial charge is 0.380 e. The Morgan fingerprint density at radius 3 is 2.46 bits per heavy atom. The molecule has 1 aliphatic heterocycles. The van der Waals surface area contributed by atoms with Gasteiger partial charge in [0.25, 0.3) is 15.9 Å². The van der Waals surface area contributed by atoms with Crippen molar-refractivity contribution in [1.29, 1.82) is 0 Å². The third-order valence-corrected chi connectivity index (χ3v) is 8.46. The maximum absolute atomic E-state index is 13.6. The Labute approximate surface area is 219 Å². The Bertz CT molecular complexity index is 1560. The Hall–Kier alpha value is -3.38. The predicted octanol–water partition coefficient (Wildman–Crippen LogP) is 3.27. The van der Waals surface area contributed by atoms with E-state index in [4.69, 9.17) is 16.3 Å². The molecule has 4 aromatic rings. The van der Waals surface area contributed by atoms with Crippen molar-refractivity contribution >= 4 is 38.4 Å². The first-order chi connectivity index (χ1) is 17.8. The molecule has 1 fully saturated rings. The van der Waals surface area contributed by atoms with Crippen LogP contribution in [0, 0.1) is 6.92 Å². The van der Waals surface area contributed by atoms with Crippen LogP contribution in [0.4, 0.5) is 0 Å². The third kappa shape index (κ3) is 4.95. The van der Waals surface area contributed by atoms with Crippen molar-refractivity contribution in [2.45, 2.75) is 18.6 Å². The Kier molecular flexibility index (Phi) is 6.95. The monoisotopic (exact) mass is 540 g/mol. The van der Waals surface area contributed by atoms with Crippen LogP contribution in [-0.2, 0) is 21.4 Å². The highest BCUT2D eigenvalue weighted by molar-refractivity contribution is 7.89. The Morgan fingerprint density at radius 2 is 1.78 bits per heavy atom. The van der Waals surface area contributed by atoms with Crippen LogP contribution in [0.15, 0.2) is 53.9 Å². The van der Waals surface area contributed by atoms with E-state index in [1.807, 2.05) is 19.1 Å². The van der Waals surface area contributed by atoms with Crippen LogP contribution in [0.3, 0.4) is 0 Å². The normalized spacial score (nSPS) is 14.8. The first kappa shape index (κ1) is 25.3. The molecule has 0 unspecified atom stereocenters. The van der Waals surface area contributed by atoms with Crippen molar-refractivity contribution in [3.63, 3.8) is 0 Å². The molecule has 1 amide bonds. The van der Waals surface area contributed by atoms with E-state index in [0.29, 0.717) is 21.5 Å². The van der Waals surface area contributed by atoms with E-state index in [1.165, 1.54) is 11.4 Å². The fourth-order valence-corrected chi connectivity index (χ4v) is 6.21. The maximum Gasteiger partial charge on any atom is 0.291 e. The molecule has 0 aliphatic carbocycles. The standard InChI is InChI=1S/C25H25ClN6O4S/c1-16-11-17(5-6-27-16)18-13-28-23(29-14-18)25(33)31-7-9-32(10-8-31)37(34,35)24-21(15-36-2)20-12-19(26)3-4-22(20)30-24/h3-6,11-14,30H,7-10,15H2,1-2H3. The van der Waals surface area contributed by atoms with Gasteiger partial charge in [-0.2, -0.15) is 4.31 Å². The molecular weight excluding hydrogens is 516 g/mol. The fourth-order valence-electron chi connectivity index (χ4n) is 4.42. The number of hydrogen-bond acceptors (Lipinski definition) is 7. The number of nitrogens with one attached hydrogen (secondary N) is 1. The molecule has 1 saturated heterocycles. The van der Waals surface area contributed by atoms with Crippen molar-refractivity contribution in [3.05, 3.63) is 71.0 Å². The first-order valence-electron chi connectivity index (χ1n) is 11.6. The molecule has 0 spiro atoms. The highest BCUT2D eigenvalue weighted by Crippen LogP contribution is 2.31. The van der Waals surface area contributed by atoms with Crippen LogP contribution in [0.25, 0.3) is 22.0 Å². The molecular formula is C25H25ClN6O4S. The number of methoxy groups -OCH3 is 1. The number of carbonyl (C=O) groups is 1. The van der Waals surface area contributed by atoms with Gasteiger partial charge in [0.1, 0.15) is 0 Å². The van der Waals surface area contributed by atoms with Crippen LogP contribution < -0.4 is 0 Å². The number of amides is 1. The highest BCUT2D eigenvalue weighted by atomic mass is 35.5. The van der Waals surface area contributed by atoms with Crippen molar-refractivity contribution in [1.82, 2.24) is 29.1 Å². The van der Waals surface area contributed by atoms with Crippen LogP contribution in [0.2, 0.25) is 5.02 Å². The summed E-state index contributed by atoms with van der Waals surface area (Å²) in [6.07, 6.45) is 4.92. The van der Waals surface area contributed by atoms with E-state index in [9.17, 15) is 13.2 Å². The van der Waals surface area contributed by atoms with Gasteiger partial charge in [0, 0.05) is 84.6 Å². The van der Waals surface area contributed by atoms with Gasteiger partial charge in [-0.05, 0) is 42.8 Å². The molecule has 3 aromatic heterocycles. The molecule has 37 heavy (non-hydrogen) atoms. The predicted molar refractivity (Wildman–Crippen MR) is 139 cm³/mol. The number of H-pyrrole nitrogens is 1. The number of aromatic amines is 1. The van der Waals surface area contributed by atoms with Gasteiger partial charge >= 0.3 is 0 Å². The van der Waals surface area contributed by atoms with E-state index >= 15 is 0 Å². The molecule has 5 rings (SSSR count). The summed E-state index contributed by atoms with van der Waals surface area (Å²) in [5.41, 5.74) is 3.75. The van der Waals surface area contributed by atoms with E-state index in [0.717, 1.165) is 16.8 Å². The first-order valence-corrected chi connectivity index (χ1v) is 13.4. The SMILES string of the molecule is COCc1c(S(=O)(=O)N2CCN(C(=O)c3ncc(-c4ccnc(C)c4)cn3)CC2)[nH]c2ccc(Cl)cc12. The summed E-state index contributed by atoms with van der Waals surface area (Å²) < 4.78 is 33.8. The summed E-state index contributed by atoms with van der Waals surface area (Å²) in [6, 6.07) is 8.93. The summed E-state index contributed by atoms with van der Waals surface area (Å²) in [4.78, 5) is 30.3. The number of aryl methyl sites for hydroxylation is 1. The summed E-state index contributed by atoms with van der Waals surface area (Å²) >= 11 is 6.14. The number of halogens is 1. The lowest BCUT2D eigenvalue weighted by atomic mass is 10.1. The maximum atomic E-state index is 13.6. The number of rotatable bonds is 6. The minimum absolute atomic E-state index is 0.0701. The highest BCUT2D eigenvalue weighted by Gasteiger charge is 2.34. The summed E-state index contributed by atoms with van der Waals surface area (Å²) in [5, 5.41) is 1.28. The quantitative estimate of drug-likeness (QED) is 0.398. The second-order valence-corrected chi connectivity index (χ2v) is 11.0. The van der Waals surface area contributed by atoms with Gasteiger partial charge in [-0.3, -0.25) is 9.78 Å². The van der Waals surface area contributed by atoms with E-state index in [2.05, 4.69) is 19.9 Å². The molecule has 0 saturated carbocycles. The Balaban J connectivity index is 1.31. The van der Waals surface area contributed by atoms with Crippen LogP contribution in [-0.4, -0.2) is 76.8 Å². The van der Waals surface area contributed by atoms with Crippen LogP contribution >= 0.6 is 11.6 Å². The number of fused-ring (bicyclic) bond motifs is 1. The minimum Gasteiger partial charge on any atom is -0.380 e. The fraction of sp³-hybridized carbons (Fsp3) is 0.280. The zero-order valence-corrected chi connectivity index (χ0v) is 21.9. The number of hydrogen-bond donors (Lipinski definition) is 1. The lowest BCUT2D eigenvalue weighted by Gasteiger charge is -2.33. The zero-order valence-electron chi connectivity index (χ0n) is 20.3. The molecule has 192 valence electrons. The number of aromatic nitrogens is 4. The molecule has 4 heterocycles. The third-order valence-electron chi connectivity index (χ3n) is 6.31. The number of pyridine rings is 1. The van der Waals surface area contributed by atoms with E-state index in [-0.39, 0.29) is 49.5 Å².